The van der Waals surface area contributed by atoms with Gasteiger partial charge < -0.3 is 5.32 Å². The van der Waals surface area contributed by atoms with Crippen molar-refractivity contribution in [1.29, 1.82) is 0 Å². The number of nitro benzene ring substituents is 1. The molecule has 136 valence electrons. The molecule has 7 nitrogen and oxygen atoms in total. The van der Waals surface area contributed by atoms with Crippen LogP contribution in [0.25, 0.3) is 11.3 Å². The summed E-state index contributed by atoms with van der Waals surface area (Å²) in [5.41, 5.74) is 1.15. The average Bonchev–Trinajstić information content (AvgIpc) is 2.69. The van der Waals surface area contributed by atoms with Crippen molar-refractivity contribution in [2.75, 3.05) is 11.1 Å². The van der Waals surface area contributed by atoms with E-state index in [4.69, 9.17) is 0 Å². The number of nitrogens with one attached hydrogen (secondary N) is 1. The second kappa shape index (κ2) is 8.37. The summed E-state index contributed by atoms with van der Waals surface area (Å²) < 4.78 is 13.5. The number of nitrogens with zero attached hydrogens (tertiary/aromatic N) is 3. The Balaban J connectivity index is 1.61. The highest BCUT2D eigenvalue weighted by Gasteiger charge is 2.10. The van der Waals surface area contributed by atoms with Crippen LogP contribution in [-0.2, 0) is 4.79 Å². The molecule has 1 N–H and O–H groups in total. The summed E-state index contributed by atoms with van der Waals surface area (Å²) in [5.74, 6) is -0.828. The molecule has 1 amide bonds. The number of carbonyl (C=O) groups excluding carboxylic acids is 1. The molecule has 27 heavy (non-hydrogen) atoms. The molecule has 0 aliphatic rings. The lowest BCUT2D eigenvalue weighted by Gasteiger charge is -2.06. The molecule has 0 radical (unpaired) electrons. The van der Waals surface area contributed by atoms with Crippen LogP contribution >= 0.6 is 11.8 Å². The van der Waals surface area contributed by atoms with Crippen LogP contribution in [0.4, 0.5) is 15.8 Å². The maximum Gasteiger partial charge on any atom is 0.270 e. The normalized spacial score (nSPS) is 10.4. The van der Waals surface area contributed by atoms with E-state index in [2.05, 4.69) is 15.5 Å². The van der Waals surface area contributed by atoms with E-state index in [1.165, 1.54) is 30.3 Å². The number of amides is 1. The summed E-state index contributed by atoms with van der Waals surface area (Å²) in [5, 5.41) is 21.9. The highest BCUT2D eigenvalue weighted by Crippen LogP contribution is 2.23. The lowest BCUT2D eigenvalue weighted by molar-refractivity contribution is -0.384. The van der Waals surface area contributed by atoms with Gasteiger partial charge in [0, 0.05) is 17.7 Å². The number of hydrogen-bond donors (Lipinski definition) is 1. The predicted molar refractivity (Wildman–Crippen MR) is 99.9 cm³/mol. The highest BCUT2D eigenvalue weighted by molar-refractivity contribution is 7.99. The monoisotopic (exact) mass is 384 g/mol. The number of thioether (sulfide) groups is 1. The fourth-order valence-corrected chi connectivity index (χ4v) is 2.83. The molecule has 0 aliphatic carbocycles. The fraction of sp³-hybridized carbons (Fsp3) is 0.0556. The standard InChI is InChI=1S/C18H13FN4O3S/c19-14-6-1-2-7-16(14)20-17(24)11-27-18-9-8-15(21-22-18)12-4-3-5-13(10-12)23(25)26/h1-10H,11H2,(H,20,24). The number of aromatic nitrogens is 2. The van der Waals surface area contributed by atoms with Gasteiger partial charge in [-0.3, -0.25) is 14.9 Å². The van der Waals surface area contributed by atoms with E-state index in [0.29, 0.717) is 16.3 Å². The Morgan fingerprint density at radius 1 is 1.11 bits per heavy atom. The summed E-state index contributed by atoms with van der Waals surface area (Å²) in [6, 6.07) is 15.3. The van der Waals surface area contributed by atoms with Gasteiger partial charge in [-0.2, -0.15) is 0 Å². The van der Waals surface area contributed by atoms with Gasteiger partial charge >= 0.3 is 0 Å². The van der Waals surface area contributed by atoms with Gasteiger partial charge in [0.05, 0.1) is 22.1 Å². The number of hydrogen-bond acceptors (Lipinski definition) is 6. The number of rotatable bonds is 6. The van der Waals surface area contributed by atoms with Crippen molar-refractivity contribution >= 4 is 29.0 Å². The van der Waals surface area contributed by atoms with Crippen molar-refractivity contribution in [3.8, 4) is 11.3 Å². The number of halogens is 1. The fourth-order valence-electron chi connectivity index (χ4n) is 2.22. The molecule has 0 saturated carbocycles. The van der Waals surface area contributed by atoms with E-state index in [1.807, 2.05) is 0 Å². The van der Waals surface area contributed by atoms with Crippen LogP contribution in [-0.4, -0.2) is 26.8 Å². The quantitative estimate of drug-likeness (QED) is 0.393. The minimum atomic E-state index is -0.503. The zero-order valence-corrected chi connectivity index (χ0v) is 14.6. The summed E-state index contributed by atoms with van der Waals surface area (Å²) in [6.07, 6.45) is 0. The Morgan fingerprint density at radius 3 is 2.63 bits per heavy atom. The van der Waals surface area contributed by atoms with Gasteiger partial charge in [0.15, 0.2) is 0 Å². The summed E-state index contributed by atoms with van der Waals surface area (Å²) in [6.45, 7) is 0. The van der Waals surface area contributed by atoms with Gasteiger partial charge in [-0.1, -0.05) is 36.0 Å². The Bertz CT molecular complexity index is 982. The van der Waals surface area contributed by atoms with Crippen molar-refractivity contribution < 1.29 is 14.1 Å². The third kappa shape index (κ3) is 4.85. The number of carbonyl (C=O) groups is 1. The van der Waals surface area contributed by atoms with Crippen LogP contribution in [0.1, 0.15) is 0 Å². The first-order valence-corrected chi connectivity index (χ1v) is 8.77. The van der Waals surface area contributed by atoms with Crippen LogP contribution in [0, 0.1) is 15.9 Å². The molecular formula is C18H13FN4O3S. The second-order valence-electron chi connectivity index (χ2n) is 5.38. The van der Waals surface area contributed by atoms with Crippen molar-refractivity contribution in [3.05, 3.63) is 76.6 Å². The van der Waals surface area contributed by atoms with Gasteiger partial charge in [0.25, 0.3) is 5.69 Å². The Labute approximate surface area is 157 Å². The molecule has 0 unspecified atom stereocenters. The van der Waals surface area contributed by atoms with Crippen molar-refractivity contribution in [2.24, 2.45) is 0 Å². The molecular weight excluding hydrogens is 371 g/mol. The summed E-state index contributed by atoms with van der Waals surface area (Å²) in [7, 11) is 0. The third-order valence-corrected chi connectivity index (χ3v) is 4.41. The molecule has 3 rings (SSSR count). The van der Waals surface area contributed by atoms with Gasteiger partial charge in [0.2, 0.25) is 5.91 Å². The SMILES string of the molecule is O=C(CSc1ccc(-c2cccc([N+](=O)[O-])c2)nn1)Nc1ccccc1F. The number of nitro groups is 1. The first kappa shape index (κ1) is 18.5. The molecule has 3 aromatic rings. The van der Waals surface area contributed by atoms with Gasteiger partial charge in [-0.05, 0) is 24.3 Å². The van der Waals surface area contributed by atoms with E-state index in [-0.39, 0.29) is 23.0 Å². The van der Waals surface area contributed by atoms with Gasteiger partial charge in [-0.25, -0.2) is 4.39 Å². The molecule has 0 bridgehead atoms. The summed E-state index contributed by atoms with van der Waals surface area (Å²) >= 11 is 1.15. The van der Waals surface area contributed by atoms with Gasteiger partial charge in [0.1, 0.15) is 10.8 Å². The lowest BCUT2D eigenvalue weighted by Crippen LogP contribution is -2.15. The Kier molecular flexibility index (Phi) is 5.72. The van der Waals surface area contributed by atoms with Crippen LogP contribution in [0.5, 0.6) is 0 Å². The van der Waals surface area contributed by atoms with Crippen molar-refractivity contribution in [2.45, 2.75) is 5.03 Å². The minimum Gasteiger partial charge on any atom is -0.323 e. The van der Waals surface area contributed by atoms with Crippen LogP contribution < -0.4 is 5.32 Å². The smallest absolute Gasteiger partial charge is 0.270 e. The minimum absolute atomic E-state index is 0.0300. The molecule has 1 heterocycles. The second-order valence-corrected chi connectivity index (χ2v) is 6.38. The number of para-hydroxylation sites is 1. The largest absolute Gasteiger partial charge is 0.323 e. The number of benzene rings is 2. The lowest BCUT2D eigenvalue weighted by atomic mass is 10.1. The molecule has 9 heteroatoms. The van der Waals surface area contributed by atoms with E-state index in [0.717, 1.165) is 11.8 Å². The van der Waals surface area contributed by atoms with E-state index in [9.17, 15) is 19.3 Å². The zero-order chi connectivity index (χ0) is 19.2. The third-order valence-electron chi connectivity index (χ3n) is 3.49. The highest BCUT2D eigenvalue weighted by atomic mass is 32.2. The Hall–Kier alpha value is -3.33. The zero-order valence-electron chi connectivity index (χ0n) is 13.8. The first-order valence-electron chi connectivity index (χ1n) is 7.78. The van der Waals surface area contributed by atoms with Gasteiger partial charge in [-0.15, -0.1) is 10.2 Å². The maximum atomic E-state index is 13.5. The molecule has 0 atom stereocenters. The predicted octanol–water partition coefficient (Wildman–Crippen LogP) is 3.92. The molecule has 1 aromatic heterocycles. The molecule has 2 aromatic carbocycles. The van der Waals surface area contributed by atoms with Crippen LogP contribution in [0.3, 0.4) is 0 Å². The number of anilines is 1. The average molecular weight is 384 g/mol. The van der Waals surface area contributed by atoms with Crippen LogP contribution in [0.15, 0.2) is 65.7 Å². The molecule has 0 aliphatic heterocycles. The van der Waals surface area contributed by atoms with E-state index in [1.54, 1.807) is 30.3 Å². The summed E-state index contributed by atoms with van der Waals surface area (Å²) in [4.78, 5) is 22.3. The van der Waals surface area contributed by atoms with Crippen molar-refractivity contribution in [3.63, 3.8) is 0 Å². The first-order chi connectivity index (χ1) is 13.0. The van der Waals surface area contributed by atoms with E-state index < -0.39 is 10.7 Å². The Morgan fingerprint density at radius 2 is 1.93 bits per heavy atom. The van der Waals surface area contributed by atoms with Crippen LogP contribution in [0.2, 0.25) is 0 Å². The maximum absolute atomic E-state index is 13.5. The van der Waals surface area contributed by atoms with E-state index >= 15 is 0 Å². The topological polar surface area (TPSA) is 98.0 Å². The van der Waals surface area contributed by atoms with Crippen molar-refractivity contribution in [1.82, 2.24) is 10.2 Å². The molecule has 0 saturated heterocycles. The molecule has 0 fully saturated rings. The number of non-ortho nitro benzene ring substituents is 1. The molecule has 0 spiro atoms.